The molecule has 0 aliphatic heterocycles. The molecule has 6 nitrogen and oxygen atoms in total. The minimum absolute atomic E-state index is 0.278. The SMILES string of the molecule is COc1cc(OC)cc(C(=O)C(O)c2cc(OC)cc(OC)c2)c1. The Labute approximate surface area is 140 Å². The van der Waals surface area contributed by atoms with Gasteiger partial charge in [0, 0.05) is 17.7 Å². The minimum Gasteiger partial charge on any atom is -0.497 e. The molecule has 2 rings (SSSR count). The zero-order valence-corrected chi connectivity index (χ0v) is 14.0. The molecule has 0 saturated heterocycles. The fraction of sp³-hybridized carbons (Fsp3) is 0.278. The second kappa shape index (κ2) is 7.70. The number of Topliss-reactive ketones (excluding diaryl/α,β-unsaturated/α-hetero) is 1. The van der Waals surface area contributed by atoms with E-state index in [1.165, 1.54) is 28.4 Å². The van der Waals surface area contributed by atoms with E-state index in [0.717, 1.165) is 0 Å². The maximum absolute atomic E-state index is 12.6. The van der Waals surface area contributed by atoms with Crippen molar-refractivity contribution in [3.63, 3.8) is 0 Å². The van der Waals surface area contributed by atoms with E-state index in [9.17, 15) is 9.90 Å². The molecule has 128 valence electrons. The number of aliphatic hydroxyl groups is 1. The molecule has 6 heteroatoms. The van der Waals surface area contributed by atoms with Gasteiger partial charge in [-0.05, 0) is 29.8 Å². The van der Waals surface area contributed by atoms with Crippen molar-refractivity contribution < 1.29 is 28.8 Å². The van der Waals surface area contributed by atoms with Crippen LogP contribution in [0.25, 0.3) is 0 Å². The topological polar surface area (TPSA) is 74.2 Å². The van der Waals surface area contributed by atoms with E-state index in [1.807, 2.05) is 0 Å². The Morgan fingerprint density at radius 3 is 1.50 bits per heavy atom. The van der Waals surface area contributed by atoms with Crippen molar-refractivity contribution in [2.45, 2.75) is 6.10 Å². The molecule has 1 N–H and O–H groups in total. The van der Waals surface area contributed by atoms with Crippen molar-refractivity contribution in [3.8, 4) is 23.0 Å². The number of ketones is 1. The third-order valence-corrected chi connectivity index (χ3v) is 3.57. The van der Waals surface area contributed by atoms with Crippen LogP contribution in [-0.2, 0) is 0 Å². The third-order valence-electron chi connectivity index (χ3n) is 3.57. The summed E-state index contributed by atoms with van der Waals surface area (Å²) in [7, 11) is 5.98. The monoisotopic (exact) mass is 332 g/mol. The Bertz CT molecular complexity index is 681. The minimum atomic E-state index is -1.37. The number of aliphatic hydroxyl groups excluding tert-OH is 1. The molecule has 0 fully saturated rings. The quantitative estimate of drug-likeness (QED) is 0.786. The standard InChI is InChI=1S/C18H20O6/c1-21-13-5-11(6-14(9-13)22-2)17(19)18(20)12-7-15(23-3)10-16(8-12)24-4/h5-10,17,19H,1-4H3. The van der Waals surface area contributed by atoms with Crippen LogP contribution in [0.5, 0.6) is 23.0 Å². The van der Waals surface area contributed by atoms with Gasteiger partial charge in [0.2, 0.25) is 0 Å². The maximum atomic E-state index is 12.6. The number of ether oxygens (including phenoxy) is 4. The summed E-state index contributed by atoms with van der Waals surface area (Å²) in [6.45, 7) is 0. The van der Waals surface area contributed by atoms with E-state index < -0.39 is 11.9 Å². The molecule has 0 aromatic heterocycles. The number of methoxy groups -OCH3 is 4. The number of carbonyl (C=O) groups is 1. The fourth-order valence-corrected chi connectivity index (χ4v) is 2.25. The van der Waals surface area contributed by atoms with Crippen LogP contribution >= 0.6 is 0 Å². The van der Waals surface area contributed by atoms with E-state index >= 15 is 0 Å². The van der Waals surface area contributed by atoms with Gasteiger partial charge in [0.15, 0.2) is 5.78 Å². The van der Waals surface area contributed by atoms with Crippen LogP contribution in [0.4, 0.5) is 0 Å². The fourth-order valence-electron chi connectivity index (χ4n) is 2.25. The zero-order valence-electron chi connectivity index (χ0n) is 14.0. The summed E-state index contributed by atoms with van der Waals surface area (Å²) in [5.41, 5.74) is 0.651. The van der Waals surface area contributed by atoms with Gasteiger partial charge in [-0.1, -0.05) is 0 Å². The smallest absolute Gasteiger partial charge is 0.196 e. The van der Waals surface area contributed by atoms with E-state index in [0.29, 0.717) is 28.6 Å². The highest BCUT2D eigenvalue weighted by Crippen LogP contribution is 2.30. The van der Waals surface area contributed by atoms with Gasteiger partial charge in [-0.3, -0.25) is 4.79 Å². The lowest BCUT2D eigenvalue weighted by Gasteiger charge is -2.14. The number of rotatable bonds is 7. The lowest BCUT2D eigenvalue weighted by Crippen LogP contribution is -2.13. The normalized spacial score (nSPS) is 11.5. The number of carbonyl (C=O) groups excluding carboxylic acids is 1. The summed E-state index contributed by atoms with van der Waals surface area (Å²) in [6.07, 6.45) is -1.37. The summed E-state index contributed by atoms with van der Waals surface area (Å²) >= 11 is 0. The zero-order chi connectivity index (χ0) is 17.7. The Hall–Kier alpha value is -2.73. The van der Waals surface area contributed by atoms with Crippen LogP contribution in [0.1, 0.15) is 22.0 Å². The van der Waals surface area contributed by atoms with Crippen LogP contribution < -0.4 is 18.9 Å². The van der Waals surface area contributed by atoms with Gasteiger partial charge in [0.05, 0.1) is 28.4 Å². The van der Waals surface area contributed by atoms with Crippen LogP contribution in [-0.4, -0.2) is 39.3 Å². The molecule has 2 aromatic rings. The first-order valence-electron chi connectivity index (χ1n) is 7.20. The third kappa shape index (κ3) is 3.78. The van der Waals surface area contributed by atoms with Crippen molar-refractivity contribution >= 4 is 5.78 Å². The molecule has 0 heterocycles. The Morgan fingerprint density at radius 1 is 0.750 bits per heavy atom. The average molecular weight is 332 g/mol. The first-order valence-corrected chi connectivity index (χ1v) is 7.20. The molecule has 0 spiro atoms. The van der Waals surface area contributed by atoms with Crippen LogP contribution in [0.15, 0.2) is 36.4 Å². The number of benzene rings is 2. The van der Waals surface area contributed by atoms with Gasteiger partial charge in [-0.25, -0.2) is 0 Å². The molecule has 1 atom stereocenters. The van der Waals surface area contributed by atoms with Gasteiger partial charge in [-0.15, -0.1) is 0 Å². The summed E-state index contributed by atoms with van der Waals surface area (Å²) in [4.78, 5) is 12.6. The molecule has 0 radical (unpaired) electrons. The summed E-state index contributed by atoms with van der Waals surface area (Å²) in [6, 6.07) is 9.58. The molecule has 0 saturated carbocycles. The highest BCUT2D eigenvalue weighted by Gasteiger charge is 2.22. The van der Waals surface area contributed by atoms with E-state index in [1.54, 1.807) is 36.4 Å². The predicted octanol–water partition coefficient (Wildman–Crippen LogP) is 2.64. The first kappa shape index (κ1) is 17.6. The number of hydrogen-bond acceptors (Lipinski definition) is 6. The lowest BCUT2D eigenvalue weighted by molar-refractivity contribution is 0.0746. The predicted molar refractivity (Wildman–Crippen MR) is 88.4 cm³/mol. The number of hydrogen-bond donors (Lipinski definition) is 1. The highest BCUT2D eigenvalue weighted by atomic mass is 16.5. The molecule has 24 heavy (non-hydrogen) atoms. The average Bonchev–Trinajstić information content (AvgIpc) is 2.65. The first-order chi connectivity index (χ1) is 11.5. The lowest BCUT2D eigenvalue weighted by atomic mass is 9.99. The van der Waals surface area contributed by atoms with Gasteiger partial charge >= 0.3 is 0 Å². The Balaban J connectivity index is 2.39. The van der Waals surface area contributed by atoms with E-state index in [-0.39, 0.29) is 5.56 Å². The van der Waals surface area contributed by atoms with E-state index in [4.69, 9.17) is 18.9 Å². The molecule has 0 aliphatic rings. The van der Waals surface area contributed by atoms with Gasteiger partial charge in [-0.2, -0.15) is 0 Å². The van der Waals surface area contributed by atoms with Gasteiger partial charge < -0.3 is 24.1 Å². The summed E-state index contributed by atoms with van der Waals surface area (Å²) in [5, 5.41) is 10.5. The molecular weight excluding hydrogens is 312 g/mol. The van der Waals surface area contributed by atoms with Crippen molar-refractivity contribution in [2.75, 3.05) is 28.4 Å². The maximum Gasteiger partial charge on any atom is 0.196 e. The van der Waals surface area contributed by atoms with Crippen molar-refractivity contribution in [1.29, 1.82) is 0 Å². The molecule has 2 aromatic carbocycles. The van der Waals surface area contributed by atoms with Crippen molar-refractivity contribution in [1.82, 2.24) is 0 Å². The largest absolute Gasteiger partial charge is 0.497 e. The van der Waals surface area contributed by atoms with Gasteiger partial charge in [0.25, 0.3) is 0 Å². The second-order valence-corrected chi connectivity index (χ2v) is 5.01. The van der Waals surface area contributed by atoms with Crippen LogP contribution in [0.2, 0.25) is 0 Å². The summed E-state index contributed by atoms with van der Waals surface area (Å²) in [5.74, 6) is 1.42. The Kier molecular flexibility index (Phi) is 5.65. The molecule has 0 amide bonds. The second-order valence-electron chi connectivity index (χ2n) is 5.01. The van der Waals surface area contributed by atoms with Crippen molar-refractivity contribution in [3.05, 3.63) is 47.5 Å². The van der Waals surface area contributed by atoms with Gasteiger partial charge in [0.1, 0.15) is 29.1 Å². The molecule has 0 bridgehead atoms. The summed E-state index contributed by atoms with van der Waals surface area (Å²) < 4.78 is 20.6. The highest BCUT2D eigenvalue weighted by molar-refractivity contribution is 6.00. The van der Waals surface area contributed by atoms with Crippen LogP contribution in [0.3, 0.4) is 0 Å². The molecule has 0 aliphatic carbocycles. The Morgan fingerprint density at radius 2 is 1.12 bits per heavy atom. The molecule has 1 unspecified atom stereocenters. The van der Waals surface area contributed by atoms with Crippen LogP contribution in [0, 0.1) is 0 Å². The van der Waals surface area contributed by atoms with E-state index in [2.05, 4.69) is 0 Å². The van der Waals surface area contributed by atoms with Crippen molar-refractivity contribution in [2.24, 2.45) is 0 Å². The molecular formula is C18H20O6.